The average Bonchev–Trinajstić information content (AvgIpc) is 2.79. The first-order valence-electron chi connectivity index (χ1n) is 10.9. The molecule has 0 aliphatic carbocycles. The number of benzene rings is 2. The summed E-state index contributed by atoms with van der Waals surface area (Å²) in [6, 6.07) is 25.6. The molecule has 1 nitrogen and oxygen atoms in total. The van der Waals surface area contributed by atoms with Crippen molar-refractivity contribution in [1.82, 2.24) is 0 Å². The second-order valence-corrected chi connectivity index (χ2v) is 9.61. The lowest BCUT2D eigenvalue weighted by Crippen LogP contribution is -1.95. The maximum absolute atomic E-state index is 6.15. The van der Waals surface area contributed by atoms with Crippen LogP contribution in [0.1, 0.15) is 67.7 Å². The van der Waals surface area contributed by atoms with Crippen molar-refractivity contribution in [3.63, 3.8) is 0 Å². The van der Waals surface area contributed by atoms with Crippen LogP contribution >= 0.6 is 11.8 Å². The summed E-state index contributed by atoms with van der Waals surface area (Å²) in [4.78, 5) is 2.50. The van der Waals surface area contributed by atoms with E-state index in [0.29, 0.717) is 11.8 Å². The van der Waals surface area contributed by atoms with Crippen molar-refractivity contribution in [2.24, 2.45) is 0 Å². The van der Waals surface area contributed by atoms with Gasteiger partial charge in [0.1, 0.15) is 0 Å². The quantitative estimate of drug-likeness (QED) is 0.378. The first-order valence-corrected chi connectivity index (χ1v) is 11.7. The van der Waals surface area contributed by atoms with Gasteiger partial charge in [-0.15, -0.1) is 0 Å². The molecule has 0 atom stereocenters. The van der Waals surface area contributed by atoms with Crippen molar-refractivity contribution in [3.05, 3.63) is 118 Å². The molecule has 0 saturated heterocycles. The molecule has 4 rings (SSSR count). The molecule has 0 radical (unpaired) electrons. The van der Waals surface area contributed by atoms with Gasteiger partial charge in [0, 0.05) is 21.9 Å². The minimum absolute atomic E-state index is 0.352. The van der Waals surface area contributed by atoms with Crippen LogP contribution in [0, 0.1) is 0 Å². The molecule has 0 spiro atoms. The number of rotatable bonds is 5. The van der Waals surface area contributed by atoms with Crippen molar-refractivity contribution >= 4 is 28.3 Å². The molecule has 2 heterocycles. The number of allylic oxidation sites excluding steroid dienone is 3. The second kappa shape index (κ2) is 9.53. The fourth-order valence-electron chi connectivity index (χ4n) is 3.52. The molecule has 0 unspecified atom stereocenters. The molecular formula is C29H29OS+. The molecule has 156 valence electrons. The number of hydrogen-bond donors (Lipinski definition) is 0. The Hall–Kier alpha value is -2.84. The van der Waals surface area contributed by atoms with Crippen molar-refractivity contribution in [2.45, 2.75) is 39.5 Å². The molecule has 0 amide bonds. The zero-order valence-corrected chi connectivity index (χ0v) is 19.4. The summed E-state index contributed by atoms with van der Waals surface area (Å²) >= 11 is 1.82. The lowest BCUT2D eigenvalue weighted by molar-refractivity contribution is 0.414. The fourth-order valence-corrected chi connectivity index (χ4v) is 4.59. The third-order valence-corrected chi connectivity index (χ3v) is 6.32. The molecule has 2 heteroatoms. The van der Waals surface area contributed by atoms with Crippen molar-refractivity contribution in [3.8, 4) is 0 Å². The van der Waals surface area contributed by atoms with E-state index in [1.54, 1.807) is 0 Å². The Balaban J connectivity index is 1.80. The minimum Gasteiger partial charge on any atom is -0.217 e. The predicted octanol–water partition coefficient (Wildman–Crippen LogP) is 9.02. The Kier molecular flexibility index (Phi) is 6.58. The van der Waals surface area contributed by atoms with Crippen LogP contribution in [0.2, 0.25) is 0 Å². The van der Waals surface area contributed by atoms with E-state index in [0.717, 1.165) is 11.5 Å². The summed E-state index contributed by atoms with van der Waals surface area (Å²) in [6.45, 7) is 8.72. The third-order valence-electron chi connectivity index (χ3n) is 5.28. The maximum Gasteiger partial charge on any atom is 0.332 e. The van der Waals surface area contributed by atoms with Crippen LogP contribution in [0.4, 0.5) is 0 Å². The Morgan fingerprint density at radius 1 is 0.710 bits per heavy atom. The van der Waals surface area contributed by atoms with E-state index in [4.69, 9.17) is 4.42 Å². The van der Waals surface area contributed by atoms with Gasteiger partial charge in [-0.3, -0.25) is 0 Å². The minimum atomic E-state index is 0.352. The lowest BCUT2D eigenvalue weighted by Gasteiger charge is -2.17. The van der Waals surface area contributed by atoms with E-state index >= 15 is 0 Å². The van der Waals surface area contributed by atoms with Gasteiger partial charge in [-0.1, -0.05) is 100 Å². The van der Waals surface area contributed by atoms with Gasteiger partial charge in [-0.2, -0.15) is 0 Å². The van der Waals surface area contributed by atoms with E-state index in [9.17, 15) is 0 Å². The summed E-state index contributed by atoms with van der Waals surface area (Å²) in [7, 11) is 0. The molecule has 1 aliphatic rings. The highest BCUT2D eigenvalue weighted by atomic mass is 32.2. The van der Waals surface area contributed by atoms with Crippen LogP contribution < -0.4 is 0 Å². The van der Waals surface area contributed by atoms with E-state index < -0.39 is 0 Å². The van der Waals surface area contributed by atoms with Gasteiger partial charge in [-0.25, -0.2) is 4.42 Å². The van der Waals surface area contributed by atoms with Crippen LogP contribution in [0.25, 0.3) is 16.6 Å². The molecule has 3 aromatic rings. The molecule has 1 aliphatic heterocycles. The van der Waals surface area contributed by atoms with Gasteiger partial charge < -0.3 is 0 Å². The summed E-state index contributed by atoms with van der Waals surface area (Å²) in [6.07, 6.45) is 6.88. The highest BCUT2D eigenvalue weighted by molar-refractivity contribution is 8.12. The first-order chi connectivity index (χ1) is 15.0. The van der Waals surface area contributed by atoms with Crippen molar-refractivity contribution in [2.75, 3.05) is 0 Å². The van der Waals surface area contributed by atoms with E-state index in [-0.39, 0.29) is 0 Å². The summed E-state index contributed by atoms with van der Waals surface area (Å²) < 4.78 is 6.15. The third kappa shape index (κ3) is 5.26. The van der Waals surface area contributed by atoms with Gasteiger partial charge in [0.25, 0.3) is 0 Å². The largest absolute Gasteiger partial charge is 0.332 e. The summed E-state index contributed by atoms with van der Waals surface area (Å²) in [5, 5.41) is 0. The molecule has 2 aromatic carbocycles. The Morgan fingerprint density at radius 2 is 1.26 bits per heavy atom. The maximum atomic E-state index is 6.15. The highest BCUT2D eigenvalue weighted by Crippen LogP contribution is 2.42. The van der Waals surface area contributed by atoms with Gasteiger partial charge >= 0.3 is 11.5 Å². The van der Waals surface area contributed by atoms with Gasteiger partial charge in [0.05, 0.1) is 11.8 Å². The topological polar surface area (TPSA) is 11.3 Å². The predicted molar refractivity (Wildman–Crippen MR) is 136 cm³/mol. The lowest BCUT2D eigenvalue weighted by atomic mass is 10.0. The van der Waals surface area contributed by atoms with Crippen LogP contribution in [0.5, 0.6) is 0 Å². The van der Waals surface area contributed by atoms with E-state index in [1.165, 1.54) is 32.1 Å². The smallest absolute Gasteiger partial charge is 0.217 e. The second-order valence-electron chi connectivity index (χ2n) is 8.49. The molecule has 0 saturated carbocycles. The normalized spacial score (nSPS) is 15.4. The number of hydrogen-bond acceptors (Lipinski definition) is 1. The summed E-state index contributed by atoms with van der Waals surface area (Å²) in [5.41, 5.74) is 4.90. The molecular weight excluding hydrogens is 396 g/mol. The zero-order valence-electron chi connectivity index (χ0n) is 18.6. The first kappa shape index (κ1) is 21.4. The SMILES string of the molecule is CC(C)c1cc(/C=C2\C=C(c3ccccc3)C=C(c3ccccc3)S2)cc(C(C)C)[o+]1. The van der Waals surface area contributed by atoms with Crippen molar-refractivity contribution < 1.29 is 4.42 Å². The van der Waals surface area contributed by atoms with E-state index in [1.807, 2.05) is 11.8 Å². The Morgan fingerprint density at radius 3 is 1.81 bits per heavy atom. The van der Waals surface area contributed by atoms with Crippen LogP contribution in [0.3, 0.4) is 0 Å². The highest BCUT2D eigenvalue weighted by Gasteiger charge is 2.21. The molecule has 1 aromatic heterocycles. The van der Waals surface area contributed by atoms with Gasteiger partial charge in [0.15, 0.2) is 0 Å². The number of thioether (sulfide) groups is 1. The molecule has 0 fully saturated rings. The molecule has 0 N–H and O–H groups in total. The van der Waals surface area contributed by atoms with Crippen molar-refractivity contribution in [1.29, 1.82) is 0 Å². The average molecular weight is 426 g/mol. The molecule has 0 bridgehead atoms. The van der Waals surface area contributed by atoms with Crippen LogP contribution in [-0.4, -0.2) is 0 Å². The zero-order chi connectivity index (χ0) is 21.8. The fraction of sp³-hybridized carbons (Fsp3) is 0.207. The summed E-state index contributed by atoms with van der Waals surface area (Å²) in [5.74, 6) is 2.77. The van der Waals surface area contributed by atoms with Crippen LogP contribution in [-0.2, 0) is 0 Å². The monoisotopic (exact) mass is 425 g/mol. The van der Waals surface area contributed by atoms with Gasteiger partial charge in [0.2, 0.25) is 0 Å². The van der Waals surface area contributed by atoms with Gasteiger partial charge in [-0.05, 0) is 40.5 Å². The van der Waals surface area contributed by atoms with Crippen LogP contribution in [0.15, 0.2) is 94.3 Å². The molecule has 31 heavy (non-hydrogen) atoms. The Bertz CT molecular complexity index is 1110. The van der Waals surface area contributed by atoms with E-state index in [2.05, 4.69) is 119 Å². The Labute approximate surface area is 190 Å². The standard InChI is InChI=1S/C29H29OS/c1-20(2)27-16-22(17-28(30-27)21(3)4)15-26-18-25(23-11-7-5-8-12-23)19-29(31-26)24-13-9-6-10-14-24/h5-21H,1-4H3/q+1/b26-15+.